The monoisotopic (exact) mass is 1180 g/mol. The van der Waals surface area contributed by atoms with Crippen LogP contribution in [0.25, 0.3) is 0 Å². The number of primary amides is 1. The Balaban J connectivity index is 0.823. The average Bonchev–Trinajstić information content (AvgIpc) is 2.24. The van der Waals surface area contributed by atoms with Gasteiger partial charge in [0.05, 0.1) is 68.6 Å². The second kappa shape index (κ2) is 27.9. The van der Waals surface area contributed by atoms with E-state index in [-0.39, 0.29) is 86.9 Å². The molecule has 4 aliphatic rings. The van der Waals surface area contributed by atoms with Crippen LogP contribution in [-0.2, 0) is 48.2 Å². The van der Waals surface area contributed by atoms with E-state index in [0.29, 0.717) is 97.1 Å². The van der Waals surface area contributed by atoms with Gasteiger partial charge in [-0.25, -0.2) is 4.79 Å². The standard InChI is InChI=1S/C64H72N8O14/c1-38(2)28-49(68-58(74)18-10-11-19-59(75)76)61(78)69-47(24-25-57(65)73)60(77)67-42-22-20-39(21-23-42)37-86-64(81)70-36-44-30-41-15-7-9-17-51(41)72(44)63(80)46-32-54(83-4)56(34-52(46)70)85-27-13-5-12-26-84-55-33-48-45(31-53(55)82-3)62(79)71-43(35-66-48)29-40-14-6-8-16-50(40)71/h6-9,14-17,20-23,31-35,38,43-44,47,49H,5,10-13,18-19,24-30,36-37H2,1-4H3,(H2,65,73)(H,67,77)(H,68,74)(H,69,78)(H,75,76)/t43-,44-,47-,49-/m0/s1. The van der Waals surface area contributed by atoms with E-state index in [2.05, 4.69) is 16.0 Å². The minimum atomic E-state index is -1.21. The third-order valence-electron chi connectivity index (χ3n) is 15.4. The Morgan fingerprint density at radius 2 is 1.30 bits per heavy atom. The summed E-state index contributed by atoms with van der Waals surface area (Å²) in [4.78, 5) is 115. The molecule has 9 rings (SSSR count). The first kappa shape index (κ1) is 61.1. The molecule has 452 valence electrons. The van der Waals surface area contributed by atoms with Crippen molar-refractivity contribution in [1.82, 2.24) is 10.6 Å². The number of carbonyl (C=O) groups is 8. The second-order valence-corrected chi connectivity index (χ2v) is 22.1. The smallest absolute Gasteiger partial charge is 0.414 e. The number of aliphatic carboxylic acids is 1. The maximum atomic E-state index is 14.6. The molecule has 7 amide bonds. The van der Waals surface area contributed by atoms with Crippen molar-refractivity contribution in [2.45, 2.75) is 122 Å². The van der Waals surface area contributed by atoms with Crippen LogP contribution < -0.4 is 55.3 Å². The number of amides is 7. The predicted molar refractivity (Wildman–Crippen MR) is 321 cm³/mol. The lowest BCUT2D eigenvalue weighted by atomic mass is 10.0. The number of unbranched alkanes of at least 4 members (excludes halogenated alkanes) is 3. The fourth-order valence-electron chi connectivity index (χ4n) is 11.1. The summed E-state index contributed by atoms with van der Waals surface area (Å²) in [6.45, 7) is 4.27. The van der Waals surface area contributed by atoms with E-state index in [1.807, 2.05) is 68.6 Å². The first-order chi connectivity index (χ1) is 41.5. The van der Waals surface area contributed by atoms with E-state index in [1.165, 1.54) is 19.1 Å². The number of carboxylic acid groups (broad SMARTS) is 1. The number of hydrogen-bond donors (Lipinski definition) is 5. The van der Waals surface area contributed by atoms with Gasteiger partial charge in [-0.3, -0.25) is 48.4 Å². The zero-order chi connectivity index (χ0) is 61.0. The molecule has 4 atom stereocenters. The molecule has 0 aromatic heterocycles. The molecule has 22 nitrogen and oxygen atoms in total. The third-order valence-corrected chi connectivity index (χ3v) is 15.4. The Hall–Kier alpha value is -9.47. The molecule has 0 fully saturated rings. The minimum Gasteiger partial charge on any atom is -0.493 e. The number of nitrogens with one attached hydrogen (secondary N) is 3. The van der Waals surface area contributed by atoms with Gasteiger partial charge in [-0.2, -0.15) is 0 Å². The number of nitrogens with two attached hydrogens (primary N) is 1. The molecule has 4 aliphatic heterocycles. The number of rotatable bonds is 27. The highest BCUT2D eigenvalue weighted by molar-refractivity contribution is 6.16. The number of benzene rings is 5. The van der Waals surface area contributed by atoms with Crippen LogP contribution in [0, 0.1) is 5.92 Å². The van der Waals surface area contributed by atoms with Gasteiger partial charge in [-0.05, 0) is 110 Å². The molecule has 6 N–H and O–H groups in total. The van der Waals surface area contributed by atoms with Crippen LogP contribution >= 0.6 is 0 Å². The first-order valence-corrected chi connectivity index (χ1v) is 29.0. The lowest BCUT2D eigenvalue weighted by Crippen LogP contribution is -2.53. The van der Waals surface area contributed by atoms with Crippen LogP contribution in [0.1, 0.15) is 115 Å². The number of aliphatic imine (C=N–C) groups is 1. The molecular weight excluding hydrogens is 1100 g/mol. The summed E-state index contributed by atoms with van der Waals surface area (Å²) < 4.78 is 30.0. The number of hydrogen-bond acceptors (Lipinski definition) is 14. The van der Waals surface area contributed by atoms with Crippen molar-refractivity contribution in [1.29, 1.82) is 0 Å². The van der Waals surface area contributed by atoms with Crippen LogP contribution in [0.2, 0.25) is 0 Å². The van der Waals surface area contributed by atoms with Crippen molar-refractivity contribution in [3.05, 3.63) is 125 Å². The fraction of sp³-hybridized carbons (Fsp3) is 0.391. The summed E-state index contributed by atoms with van der Waals surface area (Å²) in [5.74, 6) is -2.34. The number of methoxy groups -OCH3 is 2. The molecule has 0 unspecified atom stereocenters. The van der Waals surface area contributed by atoms with Crippen LogP contribution in [0.3, 0.4) is 0 Å². The lowest BCUT2D eigenvalue weighted by molar-refractivity contribution is -0.137. The zero-order valence-corrected chi connectivity index (χ0v) is 48.6. The molecule has 0 bridgehead atoms. The normalized spacial score (nSPS) is 16.0. The van der Waals surface area contributed by atoms with Crippen LogP contribution in [0.4, 0.5) is 33.2 Å². The number of para-hydroxylation sites is 2. The summed E-state index contributed by atoms with van der Waals surface area (Å²) in [5, 5.41) is 17.1. The van der Waals surface area contributed by atoms with Crippen LogP contribution in [0.15, 0.2) is 102 Å². The van der Waals surface area contributed by atoms with Gasteiger partial charge in [-0.1, -0.05) is 62.4 Å². The fourth-order valence-corrected chi connectivity index (χ4v) is 11.1. The van der Waals surface area contributed by atoms with Gasteiger partial charge in [0.15, 0.2) is 23.0 Å². The number of nitrogens with zero attached hydrogens (tertiary/aromatic N) is 4. The molecule has 22 heteroatoms. The van der Waals surface area contributed by atoms with Gasteiger partial charge in [-0.15, -0.1) is 0 Å². The summed E-state index contributed by atoms with van der Waals surface area (Å²) in [7, 11) is 3.02. The summed E-state index contributed by atoms with van der Waals surface area (Å²) in [5.41, 5.74) is 11.4. The molecule has 0 aliphatic carbocycles. The number of ether oxygens (including phenoxy) is 5. The molecular formula is C64H72N8O14. The third kappa shape index (κ3) is 14.5. The summed E-state index contributed by atoms with van der Waals surface area (Å²) in [6.07, 6.45) is 4.71. The molecule has 5 aromatic rings. The second-order valence-electron chi connectivity index (χ2n) is 22.1. The van der Waals surface area contributed by atoms with Gasteiger partial charge in [0.2, 0.25) is 23.6 Å². The van der Waals surface area contributed by atoms with Crippen molar-refractivity contribution in [2.75, 3.05) is 54.0 Å². The number of carbonyl (C=O) groups excluding carboxylic acids is 7. The SMILES string of the molecule is COc1cc2c(cc1OCCCCCOc1cc3c(cc1OC)C(=O)N1c4ccccc4C[C@H]1CN3C(=O)OCc1ccc(NC(=O)[C@H](CCC(N)=O)NC(=O)[C@H](CC(C)C)NC(=O)CCCCC(=O)O)cc1)N=C[C@@H]1Cc3ccccc3N1C2=O. The highest BCUT2D eigenvalue weighted by atomic mass is 16.6. The minimum absolute atomic E-state index is 0.0145. The van der Waals surface area contributed by atoms with E-state index >= 15 is 0 Å². The van der Waals surface area contributed by atoms with Gasteiger partial charge in [0, 0.05) is 61.1 Å². The Kier molecular flexibility index (Phi) is 19.9. The van der Waals surface area contributed by atoms with Crippen molar-refractivity contribution in [3.63, 3.8) is 0 Å². The van der Waals surface area contributed by atoms with E-state index in [1.54, 1.807) is 58.3 Å². The molecule has 0 saturated carbocycles. The summed E-state index contributed by atoms with van der Waals surface area (Å²) >= 11 is 0. The van der Waals surface area contributed by atoms with E-state index in [9.17, 15) is 38.4 Å². The quantitative estimate of drug-likeness (QED) is 0.0310. The zero-order valence-electron chi connectivity index (χ0n) is 48.6. The molecule has 0 spiro atoms. The Morgan fingerprint density at radius 3 is 1.97 bits per heavy atom. The van der Waals surface area contributed by atoms with E-state index in [4.69, 9.17) is 39.5 Å². The van der Waals surface area contributed by atoms with Crippen molar-refractivity contribution < 1.29 is 67.1 Å². The van der Waals surface area contributed by atoms with E-state index in [0.717, 1.165) is 22.5 Å². The molecule has 5 aromatic carbocycles. The number of carboxylic acids is 1. The Labute approximate surface area is 498 Å². The maximum absolute atomic E-state index is 14.6. The largest absolute Gasteiger partial charge is 0.493 e. The predicted octanol–water partition coefficient (Wildman–Crippen LogP) is 8.21. The number of fused-ring (bicyclic) bond motifs is 8. The number of anilines is 4. The highest BCUT2D eigenvalue weighted by Crippen LogP contribution is 2.44. The van der Waals surface area contributed by atoms with Crippen molar-refractivity contribution in [2.24, 2.45) is 16.6 Å². The van der Waals surface area contributed by atoms with Crippen molar-refractivity contribution in [3.8, 4) is 23.0 Å². The molecule has 86 heavy (non-hydrogen) atoms. The average molecular weight is 1180 g/mol. The first-order valence-electron chi connectivity index (χ1n) is 29.0. The van der Waals surface area contributed by atoms with Crippen LogP contribution in [0.5, 0.6) is 23.0 Å². The van der Waals surface area contributed by atoms with Gasteiger partial charge in [0.1, 0.15) is 18.7 Å². The van der Waals surface area contributed by atoms with Gasteiger partial charge >= 0.3 is 12.1 Å². The molecule has 4 heterocycles. The topological polar surface area (TPSA) is 287 Å². The van der Waals surface area contributed by atoms with Crippen LogP contribution in [-0.4, -0.2) is 117 Å². The highest BCUT2D eigenvalue weighted by Gasteiger charge is 2.43. The molecule has 0 saturated heterocycles. The summed E-state index contributed by atoms with van der Waals surface area (Å²) in [6, 6.07) is 25.8. The Morgan fingerprint density at radius 1 is 0.674 bits per heavy atom. The van der Waals surface area contributed by atoms with Gasteiger partial charge < -0.3 is 55.4 Å². The Bertz CT molecular complexity index is 3400. The van der Waals surface area contributed by atoms with E-state index < -0.39 is 53.8 Å². The lowest BCUT2D eigenvalue weighted by Gasteiger charge is -2.26. The molecule has 0 radical (unpaired) electrons. The van der Waals surface area contributed by atoms with Gasteiger partial charge in [0.25, 0.3) is 11.8 Å². The van der Waals surface area contributed by atoms with Crippen molar-refractivity contribution >= 4 is 82.2 Å². The maximum Gasteiger partial charge on any atom is 0.414 e.